The predicted molar refractivity (Wildman–Crippen MR) is 84.0 cm³/mol. The number of rotatable bonds is 3. The Bertz CT molecular complexity index is 483. The normalized spacial score (nSPS) is 25.6. The Morgan fingerprint density at radius 1 is 1.30 bits per heavy atom. The Morgan fingerprint density at radius 2 is 2.15 bits per heavy atom. The van der Waals surface area contributed by atoms with E-state index >= 15 is 0 Å². The fraction of sp³-hybridized carbons (Fsp3) is 0.706. The molecule has 110 valence electrons. The van der Waals surface area contributed by atoms with E-state index in [2.05, 4.69) is 24.9 Å². The molecule has 2 atom stereocenters. The van der Waals surface area contributed by atoms with Crippen molar-refractivity contribution in [1.29, 1.82) is 0 Å². The largest absolute Gasteiger partial charge is 0.356 e. The van der Waals surface area contributed by atoms with Crippen molar-refractivity contribution < 1.29 is 0 Å². The summed E-state index contributed by atoms with van der Waals surface area (Å²) in [5, 5.41) is 0. The van der Waals surface area contributed by atoms with E-state index in [1.54, 1.807) is 0 Å². The average Bonchev–Trinajstić information content (AvgIpc) is 2.92. The molecule has 1 aromatic heterocycles. The summed E-state index contributed by atoms with van der Waals surface area (Å²) >= 11 is 0. The van der Waals surface area contributed by atoms with Crippen LogP contribution < -0.4 is 10.6 Å². The van der Waals surface area contributed by atoms with Crippen LogP contribution in [0.1, 0.15) is 55.8 Å². The quantitative estimate of drug-likeness (QED) is 0.920. The third kappa shape index (κ3) is 2.56. The van der Waals surface area contributed by atoms with Crippen LogP contribution in [-0.4, -0.2) is 18.1 Å². The van der Waals surface area contributed by atoms with Crippen LogP contribution >= 0.6 is 0 Å². The zero-order valence-electron chi connectivity index (χ0n) is 12.9. The van der Waals surface area contributed by atoms with E-state index in [0.29, 0.717) is 12.6 Å². The van der Waals surface area contributed by atoms with E-state index in [0.717, 1.165) is 18.2 Å². The maximum absolute atomic E-state index is 5.97. The molecule has 3 nitrogen and oxygen atoms in total. The van der Waals surface area contributed by atoms with E-state index in [9.17, 15) is 0 Å². The molecule has 1 fully saturated rings. The van der Waals surface area contributed by atoms with Crippen LogP contribution in [0.4, 0.5) is 5.82 Å². The van der Waals surface area contributed by atoms with Gasteiger partial charge in [-0.25, -0.2) is 4.98 Å². The predicted octanol–water partition coefficient (Wildman–Crippen LogP) is 3.04. The maximum atomic E-state index is 5.97. The van der Waals surface area contributed by atoms with Crippen LogP contribution in [0.2, 0.25) is 0 Å². The van der Waals surface area contributed by atoms with Crippen molar-refractivity contribution in [2.75, 3.05) is 11.9 Å². The third-order valence-corrected chi connectivity index (χ3v) is 5.12. The van der Waals surface area contributed by atoms with Gasteiger partial charge in [0, 0.05) is 30.9 Å². The zero-order chi connectivity index (χ0) is 14.1. The van der Waals surface area contributed by atoms with Crippen LogP contribution in [0.5, 0.6) is 0 Å². The molecule has 2 unspecified atom stereocenters. The van der Waals surface area contributed by atoms with Crippen LogP contribution in [0.25, 0.3) is 0 Å². The summed E-state index contributed by atoms with van der Waals surface area (Å²) in [5.41, 5.74) is 9.94. The second kappa shape index (κ2) is 5.72. The first kappa shape index (κ1) is 13.9. The summed E-state index contributed by atoms with van der Waals surface area (Å²) in [4.78, 5) is 7.38. The van der Waals surface area contributed by atoms with Crippen molar-refractivity contribution >= 4 is 5.82 Å². The van der Waals surface area contributed by atoms with Gasteiger partial charge in [0.2, 0.25) is 0 Å². The number of nitrogens with two attached hydrogens (primary N) is 1. The van der Waals surface area contributed by atoms with Crippen molar-refractivity contribution in [1.82, 2.24) is 4.98 Å². The van der Waals surface area contributed by atoms with Gasteiger partial charge in [-0.2, -0.15) is 0 Å². The smallest absolute Gasteiger partial charge is 0.133 e. The lowest BCUT2D eigenvalue weighted by atomic mass is 9.86. The van der Waals surface area contributed by atoms with E-state index in [-0.39, 0.29) is 0 Å². The molecule has 0 spiro atoms. The Labute approximate surface area is 122 Å². The summed E-state index contributed by atoms with van der Waals surface area (Å²) in [6, 6.07) is 2.95. The fourth-order valence-corrected chi connectivity index (χ4v) is 3.89. The highest BCUT2D eigenvalue weighted by atomic mass is 15.2. The number of fused-ring (bicyclic) bond motifs is 1. The lowest BCUT2D eigenvalue weighted by Gasteiger charge is -2.36. The van der Waals surface area contributed by atoms with Crippen molar-refractivity contribution in [2.24, 2.45) is 11.7 Å². The zero-order valence-corrected chi connectivity index (χ0v) is 12.9. The van der Waals surface area contributed by atoms with Crippen LogP contribution in [0, 0.1) is 5.92 Å². The van der Waals surface area contributed by atoms with E-state index in [1.807, 2.05) is 0 Å². The first-order valence-corrected chi connectivity index (χ1v) is 8.13. The minimum Gasteiger partial charge on any atom is -0.356 e. The molecule has 1 aromatic rings. The highest BCUT2D eigenvalue weighted by Crippen LogP contribution is 2.32. The number of nitrogens with zero attached hydrogens (tertiary/aromatic N) is 2. The van der Waals surface area contributed by atoms with Gasteiger partial charge in [-0.15, -0.1) is 0 Å². The number of aryl methyl sites for hydroxylation is 2. The minimum absolute atomic E-state index is 0.599. The Hall–Kier alpha value is -1.09. The monoisotopic (exact) mass is 273 g/mol. The van der Waals surface area contributed by atoms with Crippen molar-refractivity contribution in [3.05, 3.63) is 22.9 Å². The third-order valence-electron chi connectivity index (χ3n) is 5.12. The van der Waals surface area contributed by atoms with Gasteiger partial charge >= 0.3 is 0 Å². The Balaban J connectivity index is 1.88. The summed E-state index contributed by atoms with van der Waals surface area (Å²) < 4.78 is 0. The summed E-state index contributed by atoms with van der Waals surface area (Å²) in [7, 11) is 2.21. The SMILES string of the molecule is CC1CCCC(N(C)c2nc3c(cc2CN)CCC3)C1. The molecular weight excluding hydrogens is 246 g/mol. The van der Waals surface area contributed by atoms with Gasteiger partial charge in [0.1, 0.15) is 5.82 Å². The molecule has 0 saturated heterocycles. The van der Waals surface area contributed by atoms with Gasteiger partial charge in [0.15, 0.2) is 0 Å². The molecular formula is C17H27N3. The number of anilines is 1. The lowest BCUT2D eigenvalue weighted by molar-refractivity contribution is 0.335. The Kier molecular flexibility index (Phi) is 3.97. The Morgan fingerprint density at radius 3 is 2.90 bits per heavy atom. The molecule has 2 aliphatic carbocycles. The molecule has 0 radical (unpaired) electrons. The van der Waals surface area contributed by atoms with Gasteiger partial charge in [-0.05, 0) is 49.7 Å². The highest BCUT2D eigenvalue weighted by molar-refractivity contribution is 5.51. The molecule has 1 saturated carbocycles. The molecule has 0 aliphatic heterocycles. The van der Waals surface area contributed by atoms with E-state index < -0.39 is 0 Å². The number of hydrogen-bond donors (Lipinski definition) is 1. The minimum atomic E-state index is 0.599. The van der Waals surface area contributed by atoms with Gasteiger partial charge in [-0.1, -0.05) is 19.8 Å². The van der Waals surface area contributed by atoms with E-state index in [4.69, 9.17) is 10.7 Å². The number of aromatic nitrogens is 1. The molecule has 20 heavy (non-hydrogen) atoms. The van der Waals surface area contributed by atoms with Gasteiger partial charge in [-0.3, -0.25) is 0 Å². The van der Waals surface area contributed by atoms with Crippen LogP contribution in [0.3, 0.4) is 0 Å². The fourth-order valence-electron chi connectivity index (χ4n) is 3.89. The van der Waals surface area contributed by atoms with Crippen LogP contribution in [-0.2, 0) is 19.4 Å². The molecule has 3 heteroatoms. The molecule has 2 N–H and O–H groups in total. The highest BCUT2D eigenvalue weighted by Gasteiger charge is 2.26. The number of pyridine rings is 1. The molecule has 1 heterocycles. The first-order chi connectivity index (χ1) is 9.69. The second-order valence-electron chi connectivity index (χ2n) is 6.67. The lowest BCUT2D eigenvalue weighted by Crippen LogP contribution is -2.37. The molecule has 2 aliphatic rings. The van der Waals surface area contributed by atoms with Crippen molar-refractivity contribution in [3.63, 3.8) is 0 Å². The summed E-state index contributed by atoms with van der Waals surface area (Å²) in [6.45, 7) is 2.97. The topological polar surface area (TPSA) is 42.2 Å². The average molecular weight is 273 g/mol. The summed E-state index contributed by atoms with van der Waals surface area (Å²) in [6.07, 6.45) is 8.88. The van der Waals surface area contributed by atoms with Gasteiger partial charge in [0.05, 0.1) is 0 Å². The maximum Gasteiger partial charge on any atom is 0.133 e. The van der Waals surface area contributed by atoms with E-state index in [1.165, 1.54) is 55.3 Å². The van der Waals surface area contributed by atoms with Gasteiger partial charge < -0.3 is 10.6 Å². The standard InChI is InChI=1S/C17H27N3/c1-12-5-3-7-15(9-12)20(2)17-14(11-18)10-13-6-4-8-16(13)19-17/h10,12,15H,3-9,11,18H2,1-2H3. The van der Waals surface area contributed by atoms with Gasteiger partial charge in [0.25, 0.3) is 0 Å². The number of hydrogen-bond acceptors (Lipinski definition) is 3. The summed E-state index contributed by atoms with van der Waals surface area (Å²) in [5.74, 6) is 1.99. The first-order valence-electron chi connectivity index (χ1n) is 8.13. The van der Waals surface area contributed by atoms with Crippen molar-refractivity contribution in [2.45, 2.75) is 64.5 Å². The molecule has 0 bridgehead atoms. The molecule has 0 amide bonds. The second-order valence-corrected chi connectivity index (χ2v) is 6.67. The molecule has 0 aromatic carbocycles. The van der Waals surface area contributed by atoms with Crippen molar-refractivity contribution in [3.8, 4) is 0 Å². The molecule has 3 rings (SSSR count). The van der Waals surface area contributed by atoms with Crippen LogP contribution in [0.15, 0.2) is 6.07 Å².